The van der Waals surface area contributed by atoms with Gasteiger partial charge >= 0.3 is 0 Å². The molecule has 1 N–H and O–H groups in total. The van der Waals surface area contributed by atoms with E-state index < -0.39 is 6.10 Å². The molecule has 0 aliphatic rings. The summed E-state index contributed by atoms with van der Waals surface area (Å²) >= 11 is 3.45. The molecule has 6 heteroatoms. The topological polar surface area (TPSA) is 56.5 Å². The van der Waals surface area contributed by atoms with E-state index in [-0.39, 0.29) is 6.04 Å². The quantitative estimate of drug-likeness (QED) is 0.894. The molecule has 21 heavy (non-hydrogen) atoms. The maximum Gasteiger partial charge on any atom is 0.166 e. The Morgan fingerprint density at radius 1 is 1.24 bits per heavy atom. The van der Waals surface area contributed by atoms with Crippen molar-refractivity contribution in [3.05, 3.63) is 40.1 Å². The molecule has 0 aliphatic heterocycles. The van der Waals surface area contributed by atoms with E-state index in [2.05, 4.69) is 21.0 Å². The lowest BCUT2D eigenvalue weighted by atomic mass is 10.0. The van der Waals surface area contributed by atoms with Crippen LogP contribution in [0.5, 0.6) is 11.5 Å². The van der Waals surface area contributed by atoms with E-state index >= 15 is 0 Å². The summed E-state index contributed by atoms with van der Waals surface area (Å²) in [5, 5.41) is 15.1. The van der Waals surface area contributed by atoms with Gasteiger partial charge in [-0.3, -0.25) is 4.68 Å². The van der Waals surface area contributed by atoms with E-state index in [1.54, 1.807) is 31.2 Å². The second-order valence-electron chi connectivity index (χ2n) is 4.90. The Bertz CT molecular complexity index is 625. The van der Waals surface area contributed by atoms with Gasteiger partial charge in [-0.15, -0.1) is 0 Å². The van der Waals surface area contributed by atoms with Crippen LogP contribution in [0.3, 0.4) is 0 Å². The lowest BCUT2D eigenvalue weighted by molar-refractivity contribution is 0.198. The normalized spacial score (nSPS) is 12.5. The molecule has 114 valence electrons. The van der Waals surface area contributed by atoms with Gasteiger partial charge in [-0.2, -0.15) is 5.10 Å². The van der Waals surface area contributed by atoms with Crippen LogP contribution in [0.2, 0.25) is 0 Å². The van der Waals surface area contributed by atoms with Crippen LogP contribution in [0.25, 0.3) is 0 Å². The number of rotatable bonds is 5. The highest BCUT2D eigenvalue weighted by Crippen LogP contribution is 2.39. The second kappa shape index (κ2) is 6.49. The van der Waals surface area contributed by atoms with Crippen LogP contribution in [-0.4, -0.2) is 29.1 Å². The van der Waals surface area contributed by atoms with Crippen LogP contribution >= 0.6 is 15.9 Å². The molecule has 0 spiro atoms. The summed E-state index contributed by atoms with van der Waals surface area (Å²) in [6.45, 7) is 4.02. The highest BCUT2D eigenvalue weighted by molar-refractivity contribution is 9.10. The van der Waals surface area contributed by atoms with Crippen molar-refractivity contribution < 1.29 is 14.6 Å². The minimum atomic E-state index is -0.866. The van der Waals surface area contributed by atoms with Crippen molar-refractivity contribution in [2.24, 2.45) is 0 Å². The van der Waals surface area contributed by atoms with Gasteiger partial charge in [0.25, 0.3) is 0 Å². The molecule has 1 atom stereocenters. The third-order valence-electron chi connectivity index (χ3n) is 3.26. The second-order valence-corrected chi connectivity index (χ2v) is 5.76. The fourth-order valence-corrected chi connectivity index (χ4v) is 2.78. The van der Waals surface area contributed by atoms with Crippen molar-refractivity contribution in [1.82, 2.24) is 9.78 Å². The van der Waals surface area contributed by atoms with Crippen molar-refractivity contribution in [3.63, 3.8) is 0 Å². The number of aliphatic hydroxyl groups excluding tert-OH is 1. The summed E-state index contributed by atoms with van der Waals surface area (Å²) < 4.78 is 13.2. The van der Waals surface area contributed by atoms with Gasteiger partial charge in [-0.25, -0.2) is 0 Å². The molecule has 1 aromatic carbocycles. The number of hydrogen-bond donors (Lipinski definition) is 1. The lowest BCUT2D eigenvalue weighted by Gasteiger charge is -2.20. The first-order chi connectivity index (χ1) is 10.0. The number of ether oxygens (including phenoxy) is 2. The van der Waals surface area contributed by atoms with E-state index in [9.17, 15) is 5.11 Å². The van der Waals surface area contributed by atoms with Crippen LogP contribution in [0, 0.1) is 0 Å². The number of hydrogen-bond acceptors (Lipinski definition) is 4. The Labute approximate surface area is 132 Å². The van der Waals surface area contributed by atoms with E-state index in [4.69, 9.17) is 9.47 Å². The van der Waals surface area contributed by atoms with Crippen LogP contribution in [-0.2, 0) is 0 Å². The van der Waals surface area contributed by atoms with Crippen LogP contribution in [0.15, 0.2) is 28.9 Å². The SMILES string of the molecule is COc1cccc(C(O)c2c(Br)cnn2C(C)C)c1OC. The monoisotopic (exact) mass is 354 g/mol. The fraction of sp³-hybridized carbons (Fsp3) is 0.400. The molecular formula is C15H19BrN2O3. The molecule has 0 saturated carbocycles. The number of nitrogens with zero attached hydrogens (tertiary/aromatic N) is 2. The van der Waals surface area contributed by atoms with Gasteiger partial charge in [0.1, 0.15) is 6.10 Å². The van der Waals surface area contributed by atoms with Crippen LogP contribution in [0.4, 0.5) is 0 Å². The summed E-state index contributed by atoms with van der Waals surface area (Å²) in [5.74, 6) is 1.11. The van der Waals surface area contributed by atoms with E-state index in [0.29, 0.717) is 22.8 Å². The molecule has 2 aromatic rings. The third-order valence-corrected chi connectivity index (χ3v) is 3.87. The predicted molar refractivity (Wildman–Crippen MR) is 83.9 cm³/mol. The van der Waals surface area contributed by atoms with Crippen molar-refractivity contribution in [2.45, 2.75) is 26.0 Å². The van der Waals surface area contributed by atoms with Gasteiger partial charge < -0.3 is 14.6 Å². The highest BCUT2D eigenvalue weighted by Gasteiger charge is 2.25. The number of para-hydroxylation sites is 1. The zero-order valence-corrected chi connectivity index (χ0v) is 14.1. The lowest BCUT2D eigenvalue weighted by Crippen LogP contribution is -2.13. The van der Waals surface area contributed by atoms with Gasteiger partial charge in [0.15, 0.2) is 11.5 Å². The largest absolute Gasteiger partial charge is 0.493 e. The Kier molecular flexibility index (Phi) is 4.90. The van der Waals surface area contributed by atoms with E-state index in [1.165, 1.54) is 0 Å². The first-order valence-electron chi connectivity index (χ1n) is 6.63. The van der Waals surface area contributed by atoms with Crippen molar-refractivity contribution in [3.8, 4) is 11.5 Å². The summed E-state index contributed by atoms with van der Waals surface area (Å²) in [4.78, 5) is 0. The Hall–Kier alpha value is -1.53. The molecule has 1 heterocycles. The molecule has 2 rings (SSSR count). The van der Waals surface area contributed by atoms with Crippen LogP contribution < -0.4 is 9.47 Å². The summed E-state index contributed by atoms with van der Waals surface area (Å²) in [7, 11) is 3.13. The van der Waals surface area contributed by atoms with Crippen molar-refractivity contribution >= 4 is 15.9 Å². The third kappa shape index (κ3) is 2.91. The summed E-state index contributed by atoms with van der Waals surface area (Å²) in [6, 6.07) is 5.57. The molecule has 1 aromatic heterocycles. The Balaban J connectivity index is 2.55. The molecular weight excluding hydrogens is 336 g/mol. The first-order valence-corrected chi connectivity index (χ1v) is 7.42. The number of benzene rings is 1. The molecule has 0 amide bonds. The summed E-state index contributed by atoms with van der Waals surface area (Å²) in [5.41, 5.74) is 1.33. The van der Waals surface area contributed by atoms with Crippen LogP contribution in [0.1, 0.15) is 37.3 Å². The van der Waals surface area contributed by atoms with Gasteiger partial charge in [0.05, 0.1) is 30.6 Å². The molecule has 0 saturated heterocycles. The Morgan fingerprint density at radius 2 is 1.95 bits per heavy atom. The zero-order valence-electron chi connectivity index (χ0n) is 12.5. The van der Waals surface area contributed by atoms with Gasteiger partial charge in [-0.1, -0.05) is 12.1 Å². The number of methoxy groups -OCH3 is 2. The first kappa shape index (κ1) is 15.9. The van der Waals surface area contributed by atoms with E-state index in [0.717, 1.165) is 4.47 Å². The minimum Gasteiger partial charge on any atom is -0.493 e. The fourth-order valence-electron chi connectivity index (χ4n) is 2.29. The number of halogens is 1. The molecule has 0 aliphatic carbocycles. The number of aromatic nitrogens is 2. The van der Waals surface area contributed by atoms with Crippen molar-refractivity contribution in [1.29, 1.82) is 0 Å². The Morgan fingerprint density at radius 3 is 2.52 bits per heavy atom. The maximum absolute atomic E-state index is 10.8. The maximum atomic E-state index is 10.8. The standard InChI is InChI=1S/C15H19BrN2O3/c1-9(2)18-13(11(16)8-17-18)14(19)10-6-5-7-12(20-3)15(10)21-4/h5-9,14,19H,1-4H3. The molecule has 0 radical (unpaired) electrons. The van der Waals surface area contributed by atoms with Gasteiger partial charge in [0.2, 0.25) is 0 Å². The molecule has 0 fully saturated rings. The molecule has 1 unspecified atom stereocenters. The van der Waals surface area contributed by atoms with E-state index in [1.807, 2.05) is 26.0 Å². The minimum absolute atomic E-state index is 0.137. The smallest absolute Gasteiger partial charge is 0.166 e. The van der Waals surface area contributed by atoms with Crippen molar-refractivity contribution in [2.75, 3.05) is 14.2 Å². The average molecular weight is 355 g/mol. The highest BCUT2D eigenvalue weighted by atomic mass is 79.9. The molecule has 0 bridgehead atoms. The van der Waals surface area contributed by atoms with Gasteiger partial charge in [0, 0.05) is 11.6 Å². The number of aliphatic hydroxyl groups is 1. The summed E-state index contributed by atoms with van der Waals surface area (Å²) in [6.07, 6.45) is 0.819. The zero-order chi connectivity index (χ0) is 15.6. The molecule has 5 nitrogen and oxygen atoms in total. The average Bonchev–Trinajstić information content (AvgIpc) is 2.87. The van der Waals surface area contributed by atoms with Gasteiger partial charge in [-0.05, 0) is 35.8 Å². The predicted octanol–water partition coefficient (Wildman–Crippen LogP) is 3.33.